The van der Waals surface area contributed by atoms with Crippen molar-refractivity contribution in [2.24, 2.45) is 0 Å². The molecule has 0 atom stereocenters. The summed E-state index contributed by atoms with van der Waals surface area (Å²) in [7, 11) is 0. The Labute approximate surface area is 101 Å². The van der Waals surface area contributed by atoms with Crippen LogP contribution in [-0.2, 0) is 0 Å². The number of hydroxylamine groups is 1. The highest BCUT2D eigenvalue weighted by molar-refractivity contribution is 5.46. The standard InChI is InChI=1S/C13H13N3O/c1-5-13(16(4)17)11(3)6-10(2)7-12(8-14)9-15/h5-7H,2,4H2,1,3H3/b11-6-,13-5+. The van der Waals surface area contributed by atoms with Gasteiger partial charge in [0.05, 0.1) is 0 Å². The molecule has 4 nitrogen and oxygen atoms in total. The van der Waals surface area contributed by atoms with Gasteiger partial charge in [-0.3, -0.25) is 0 Å². The van der Waals surface area contributed by atoms with Crippen molar-refractivity contribution in [3.8, 4) is 12.1 Å². The van der Waals surface area contributed by atoms with Crippen LogP contribution in [0.1, 0.15) is 13.8 Å². The van der Waals surface area contributed by atoms with E-state index in [1.807, 2.05) is 0 Å². The third-order valence-electron chi connectivity index (χ3n) is 1.92. The fourth-order valence-corrected chi connectivity index (χ4v) is 1.24. The van der Waals surface area contributed by atoms with Crippen LogP contribution in [0.5, 0.6) is 0 Å². The van der Waals surface area contributed by atoms with E-state index >= 15 is 0 Å². The third-order valence-corrected chi connectivity index (χ3v) is 1.92. The molecule has 0 aromatic heterocycles. The Bertz CT molecular complexity index is 492. The van der Waals surface area contributed by atoms with Crippen LogP contribution >= 0.6 is 0 Å². The summed E-state index contributed by atoms with van der Waals surface area (Å²) in [6.07, 6.45) is 4.59. The van der Waals surface area contributed by atoms with Gasteiger partial charge in [0, 0.05) is 5.57 Å². The van der Waals surface area contributed by atoms with Crippen LogP contribution in [0, 0.1) is 27.9 Å². The lowest BCUT2D eigenvalue weighted by atomic mass is 10.1. The molecule has 0 bridgehead atoms. The minimum atomic E-state index is -0.0327. The number of hydrogen-bond donors (Lipinski definition) is 0. The summed E-state index contributed by atoms with van der Waals surface area (Å²) >= 11 is 0. The zero-order valence-corrected chi connectivity index (χ0v) is 9.90. The average Bonchev–Trinajstić information content (AvgIpc) is 2.26. The van der Waals surface area contributed by atoms with Crippen molar-refractivity contribution in [2.45, 2.75) is 13.8 Å². The number of nitrogens with zero attached hydrogens (tertiary/aromatic N) is 3. The van der Waals surface area contributed by atoms with E-state index in [1.54, 1.807) is 38.1 Å². The van der Waals surface area contributed by atoms with E-state index in [0.29, 0.717) is 21.6 Å². The van der Waals surface area contributed by atoms with Gasteiger partial charge in [-0.1, -0.05) is 6.58 Å². The van der Waals surface area contributed by atoms with E-state index in [2.05, 4.69) is 13.3 Å². The first-order valence-electron chi connectivity index (χ1n) is 4.79. The van der Waals surface area contributed by atoms with Gasteiger partial charge >= 0.3 is 0 Å². The largest absolute Gasteiger partial charge is 0.619 e. The Kier molecular flexibility index (Phi) is 5.78. The minimum Gasteiger partial charge on any atom is -0.619 e. The van der Waals surface area contributed by atoms with Crippen molar-refractivity contribution < 1.29 is 4.74 Å². The van der Waals surface area contributed by atoms with E-state index in [1.165, 1.54) is 6.08 Å². The van der Waals surface area contributed by atoms with E-state index in [9.17, 15) is 5.21 Å². The first-order chi connectivity index (χ1) is 7.96. The predicted molar refractivity (Wildman–Crippen MR) is 66.7 cm³/mol. The van der Waals surface area contributed by atoms with Crippen molar-refractivity contribution in [1.29, 1.82) is 10.5 Å². The lowest BCUT2D eigenvalue weighted by Gasteiger charge is -2.05. The number of nitriles is 2. The number of hydrogen-bond acceptors (Lipinski definition) is 3. The highest BCUT2D eigenvalue weighted by Crippen LogP contribution is 2.13. The molecule has 0 saturated heterocycles. The molecule has 0 rings (SSSR count). The van der Waals surface area contributed by atoms with Crippen molar-refractivity contribution in [3.05, 3.63) is 52.4 Å². The van der Waals surface area contributed by atoms with Gasteiger partial charge in [0.2, 0.25) is 5.70 Å². The van der Waals surface area contributed by atoms with Crippen LogP contribution in [0.15, 0.2) is 47.2 Å². The average molecular weight is 227 g/mol. The van der Waals surface area contributed by atoms with Gasteiger partial charge in [0.1, 0.15) is 24.4 Å². The van der Waals surface area contributed by atoms with E-state index in [-0.39, 0.29) is 5.57 Å². The molecule has 17 heavy (non-hydrogen) atoms. The summed E-state index contributed by atoms with van der Waals surface area (Å²) in [6, 6.07) is 3.47. The summed E-state index contributed by atoms with van der Waals surface area (Å²) in [6.45, 7) is 10.4. The SMILES string of the molecule is C=C(C=C(C#N)C#N)/C=C(C)\C(=C/C)[N+](=C)[O-]. The van der Waals surface area contributed by atoms with Crippen molar-refractivity contribution in [2.75, 3.05) is 0 Å². The van der Waals surface area contributed by atoms with E-state index in [0.717, 1.165) is 0 Å². The van der Waals surface area contributed by atoms with Crippen molar-refractivity contribution in [3.63, 3.8) is 0 Å². The molecule has 0 fully saturated rings. The molecule has 0 unspecified atom stereocenters. The van der Waals surface area contributed by atoms with Crippen LogP contribution in [0.3, 0.4) is 0 Å². The predicted octanol–water partition coefficient (Wildman–Crippen LogP) is 2.58. The van der Waals surface area contributed by atoms with Gasteiger partial charge in [-0.05, 0) is 37.6 Å². The number of rotatable bonds is 4. The maximum atomic E-state index is 11.1. The summed E-state index contributed by atoms with van der Waals surface area (Å²) < 4.78 is 0.498. The molecule has 86 valence electrons. The van der Waals surface area contributed by atoms with Gasteiger partial charge in [-0.15, -0.1) is 0 Å². The fraction of sp³-hybridized carbons (Fsp3) is 0.154. The molecule has 0 amide bonds. The van der Waals surface area contributed by atoms with E-state index < -0.39 is 0 Å². The minimum absolute atomic E-state index is 0.0327. The Hall–Kier alpha value is -2.59. The molecule has 0 aromatic carbocycles. The molecule has 4 heteroatoms. The van der Waals surface area contributed by atoms with Crippen LogP contribution in [-0.4, -0.2) is 11.5 Å². The highest BCUT2D eigenvalue weighted by Gasteiger charge is 2.05. The molecule has 0 aliphatic carbocycles. The second-order valence-corrected chi connectivity index (χ2v) is 3.24. The molecule has 0 N–H and O–H groups in total. The molecule has 0 heterocycles. The van der Waals surface area contributed by atoms with Gasteiger partial charge in [0.15, 0.2) is 0 Å². The number of allylic oxidation sites excluding steroid dienone is 6. The zero-order valence-electron chi connectivity index (χ0n) is 9.90. The molecular weight excluding hydrogens is 214 g/mol. The lowest BCUT2D eigenvalue weighted by molar-refractivity contribution is -0.387. The molecule has 0 radical (unpaired) electrons. The quantitative estimate of drug-likeness (QED) is 0.185. The first kappa shape index (κ1) is 14.4. The maximum absolute atomic E-state index is 11.1. The Morgan fingerprint density at radius 1 is 1.29 bits per heavy atom. The smallest absolute Gasteiger partial charge is 0.214 e. The van der Waals surface area contributed by atoms with Gasteiger partial charge in [-0.2, -0.15) is 15.3 Å². The van der Waals surface area contributed by atoms with Crippen molar-refractivity contribution in [1.82, 2.24) is 0 Å². The monoisotopic (exact) mass is 227 g/mol. The maximum Gasteiger partial charge on any atom is 0.214 e. The van der Waals surface area contributed by atoms with Crippen molar-refractivity contribution >= 4 is 6.72 Å². The van der Waals surface area contributed by atoms with E-state index in [4.69, 9.17) is 10.5 Å². The summed E-state index contributed by atoms with van der Waals surface area (Å²) in [5.41, 5.74) is 1.51. The normalized spacial score (nSPS) is 11.1. The molecule has 0 spiro atoms. The second kappa shape index (κ2) is 6.81. The van der Waals surface area contributed by atoms with Crippen LogP contribution in [0.25, 0.3) is 0 Å². The first-order valence-corrected chi connectivity index (χ1v) is 4.79. The third kappa shape index (κ3) is 4.63. The molecule has 0 aliphatic rings. The molecular formula is C13H13N3O. The van der Waals surface area contributed by atoms with Gasteiger partial charge < -0.3 is 5.21 Å². The zero-order chi connectivity index (χ0) is 13.4. The topological polar surface area (TPSA) is 73.6 Å². The van der Waals surface area contributed by atoms with Crippen LogP contribution in [0.2, 0.25) is 0 Å². The summed E-state index contributed by atoms with van der Waals surface area (Å²) in [5.74, 6) is 0. The summed E-state index contributed by atoms with van der Waals surface area (Å²) in [5, 5.41) is 28.2. The molecule has 0 aliphatic heterocycles. The Morgan fingerprint density at radius 2 is 1.82 bits per heavy atom. The lowest BCUT2D eigenvalue weighted by Crippen LogP contribution is -2.01. The molecule has 0 saturated carbocycles. The highest BCUT2D eigenvalue weighted by atomic mass is 16.5. The van der Waals surface area contributed by atoms with Gasteiger partial charge in [-0.25, -0.2) is 0 Å². The summed E-state index contributed by atoms with van der Waals surface area (Å²) in [4.78, 5) is 0. The van der Waals surface area contributed by atoms with Crippen LogP contribution in [0.4, 0.5) is 0 Å². The second-order valence-electron chi connectivity index (χ2n) is 3.24. The Morgan fingerprint density at radius 3 is 2.18 bits per heavy atom. The Balaban J connectivity index is 5.15. The fourth-order valence-electron chi connectivity index (χ4n) is 1.24. The van der Waals surface area contributed by atoms with Gasteiger partial charge in [0.25, 0.3) is 0 Å². The molecule has 0 aromatic rings. The van der Waals surface area contributed by atoms with Crippen LogP contribution < -0.4 is 0 Å².